The number of para-hydroxylation sites is 1. The van der Waals surface area contributed by atoms with Crippen molar-refractivity contribution in [2.24, 2.45) is 11.8 Å². The molecule has 0 bridgehead atoms. The summed E-state index contributed by atoms with van der Waals surface area (Å²) in [7, 11) is 0. The number of aliphatic carboxylic acids is 1. The average Bonchev–Trinajstić information content (AvgIpc) is 3.46. The first-order chi connectivity index (χ1) is 18.0. The number of hydrogen-bond donors (Lipinski definition) is 1. The normalized spacial score (nSPS) is 22.9. The Balaban J connectivity index is 1.30. The fourth-order valence-electron chi connectivity index (χ4n) is 6.19. The standard InChI is InChI=1S/C29H26F4N2O3/c1-28(2)9-10-35(21-6-4-3-5-19(21)29(31,32)33)26-20(28)8-7-15(25(26)30)14-38-22-12-16-11-17-23(18(16)13-34-22)24(17)27(36)37/h3-8,12-13,17,23-24H,9-11,14H2,1-2H3,(H,36,37)/t17-,23-,24+/m1/s1. The largest absolute Gasteiger partial charge is 0.481 e. The van der Waals surface area contributed by atoms with Crippen LogP contribution in [0.25, 0.3) is 0 Å². The first-order valence-corrected chi connectivity index (χ1v) is 12.6. The number of ether oxygens (including phenoxy) is 1. The molecule has 5 nitrogen and oxygen atoms in total. The predicted octanol–water partition coefficient (Wildman–Crippen LogP) is 6.61. The van der Waals surface area contributed by atoms with Gasteiger partial charge in [0, 0.05) is 30.3 Å². The molecule has 3 aromatic rings. The van der Waals surface area contributed by atoms with Crippen LogP contribution in [-0.2, 0) is 29.4 Å². The first-order valence-electron chi connectivity index (χ1n) is 12.6. The van der Waals surface area contributed by atoms with Crippen LogP contribution in [-0.4, -0.2) is 22.6 Å². The molecule has 1 N–H and O–H groups in total. The number of alkyl halides is 3. The van der Waals surface area contributed by atoms with E-state index in [4.69, 9.17) is 4.74 Å². The topological polar surface area (TPSA) is 62.7 Å². The summed E-state index contributed by atoms with van der Waals surface area (Å²) in [6.07, 6.45) is -1.73. The number of carboxylic acids is 1. The van der Waals surface area contributed by atoms with E-state index in [9.17, 15) is 23.1 Å². The number of aromatic nitrogens is 1. The zero-order valence-corrected chi connectivity index (χ0v) is 20.8. The molecule has 1 aliphatic heterocycles. The molecular formula is C29H26F4N2O3. The van der Waals surface area contributed by atoms with Crippen molar-refractivity contribution >= 4 is 17.3 Å². The summed E-state index contributed by atoms with van der Waals surface area (Å²) < 4.78 is 63.4. The number of nitrogens with zero attached hydrogens (tertiary/aromatic N) is 2. The van der Waals surface area contributed by atoms with Crippen molar-refractivity contribution in [2.45, 2.75) is 50.8 Å². The predicted molar refractivity (Wildman–Crippen MR) is 132 cm³/mol. The smallest absolute Gasteiger partial charge is 0.418 e. The van der Waals surface area contributed by atoms with Gasteiger partial charge in [0.25, 0.3) is 0 Å². The van der Waals surface area contributed by atoms with Gasteiger partial charge in [-0.15, -0.1) is 0 Å². The van der Waals surface area contributed by atoms with Gasteiger partial charge in [0.05, 0.1) is 22.9 Å². The van der Waals surface area contributed by atoms with Crippen LogP contribution in [0.3, 0.4) is 0 Å². The maximum absolute atomic E-state index is 16.1. The minimum absolute atomic E-state index is 0.00365. The van der Waals surface area contributed by atoms with Gasteiger partial charge in [-0.2, -0.15) is 13.2 Å². The molecule has 198 valence electrons. The summed E-state index contributed by atoms with van der Waals surface area (Å²) in [5, 5.41) is 9.30. The molecule has 0 unspecified atom stereocenters. The van der Waals surface area contributed by atoms with Crippen molar-refractivity contribution in [3.63, 3.8) is 0 Å². The number of pyridine rings is 1. The van der Waals surface area contributed by atoms with Gasteiger partial charge in [-0.3, -0.25) is 4.79 Å². The summed E-state index contributed by atoms with van der Waals surface area (Å²) in [5.41, 5.74) is 1.61. The molecular weight excluding hydrogens is 500 g/mol. The monoisotopic (exact) mass is 526 g/mol. The van der Waals surface area contributed by atoms with E-state index in [1.165, 1.54) is 23.1 Å². The molecule has 0 amide bonds. The van der Waals surface area contributed by atoms with E-state index >= 15 is 4.39 Å². The molecule has 3 atom stereocenters. The van der Waals surface area contributed by atoms with E-state index in [0.29, 0.717) is 24.3 Å². The van der Waals surface area contributed by atoms with Crippen molar-refractivity contribution in [3.05, 3.63) is 82.3 Å². The molecule has 1 aromatic heterocycles. The van der Waals surface area contributed by atoms with Crippen molar-refractivity contribution in [1.29, 1.82) is 0 Å². The maximum Gasteiger partial charge on any atom is 0.418 e. The summed E-state index contributed by atoms with van der Waals surface area (Å²) in [6, 6.07) is 10.4. The molecule has 2 aromatic carbocycles. The SMILES string of the molecule is CC1(C)CCN(c2ccccc2C(F)(F)F)c2c1ccc(COc1cc3c(cn1)[C@H]1[C@@H](C3)[C@@H]1C(=O)O)c2F. The summed E-state index contributed by atoms with van der Waals surface area (Å²) >= 11 is 0. The number of carbonyl (C=O) groups is 1. The summed E-state index contributed by atoms with van der Waals surface area (Å²) in [6.45, 7) is 4.01. The number of rotatable bonds is 5. The minimum atomic E-state index is -4.58. The Bertz CT molecular complexity index is 1450. The van der Waals surface area contributed by atoms with Crippen LogP contribution in [0.15, 0.2) is 48.7 Å². The highest BCUT2D eigenvalue weighted by Gasteiger charge is 2.60. The van der Waals surface area contributed by atoms with Crippen LogP contribution in [0, 0.1) is 17.7 Å². The van der Waals surface area contributed by atoms with Gasteiger partial charge in [-0.1, -0.05) is 38.1 Å². The van der Waals surface area contributed by atoms with E-state index in [-0.39, 0.29) is 47.8 Å². The van der Waals surface area contributed by atoms with Crippen LogP contribution < -0.4 is 9.64 Å². The van der Waals surface area contributed by atoms with Crippen LogP contribution in [0.4, 0.5) is 28.9 Å². The molecule has 6 rings (SSSR count). The van der Waals surface area contributed by atoms with Crippen LogP contribution in [0.1, 0.15) is 54.0 Å². The Morgan fingerprint density at radius 2 is 1.97 bits per heavy atom. The summed E-state index contributed by atoms with van der Waals surface area (Å²) in [4.78, 5) is 17.1. The number of hydrogen-bond acceptors (Lipinski definition) is 4. The minimum Gasteiger partial charge on any atom is -0.481 e. The molecule has 0 radical (unpaired) electrons. The van der Waals surface area contributed by atoms with E-state index in [1.807, 2.05) is 13.8 Å². The third-order valence-electron chi connectivity index (χ3n) is 8.30. The molecule has 0 spiro atoms. The van der Waals surface area contributed by atoms with E-state index in [1.54, 1.807) is 24.4 Å². The average molecular weight is 527 g/mol. The number of benzene rings is 2. The van der Waals surface area contributed by atoms with Crippen LogP contribution in [0.5, 0.6) is 5.88 Å². The zero-order chi connectivity index (χ0) is 27.0. The maximum atomic E-state index is 16.1. The molecule has 2 aliphatic carbocycles. The van der Waals surface area contributed by atoms with Gasteiger partial charge < -0.3 is 14.7 Å². The Hall–Kier alpha value is -3.62. The fourth-order valence-corrected chi connectivity index (χ4v) is 6.19. The van der Waals surface area contributed by atoms with Crippen LogP contribution in [0.2, 0.25) is 0 Å². The number of fused-ring (bicyclic) bond motifs is 4. The van der Waals surface area contributed by atoms with Gasteiger partial charge in [-0.05, 0) is 53.0 Å². The summed E-state index contributed by atoms with van der Waals surface area (Å²) in [5.74, 6) is -1.37. The Morgan fingerprint density at radius 1 is 1.21 bits per heavy atom. The highest BCUT2D eigenvalue weighted by molar-refractivity contribution is 5.78. The third-order valence-corrected chi connectivity index (χ3v) is 8.30. The second-order valence-electron chi connectivity index (χ2n) is 11.0. The Labute approximate surface area is 217 Å². The molecule has 2 heterocycles. The van der Waals surface area contributed by atoms with Crippen molar-refractivity contribution in [3.8, 4) is 5.88 Å². The van der Waals surface area contributed by atoms with Crippen molar-refractivity contribution < 1.29 is 32.2 Å². The molecule has 1 fully saturated rings. The third kappa shape index (κ3) is 3.90. The van der Waals surface area contributed by atoms with E-state index in [2.05, 4.69) is 4.98 Å². The Kier molecular flexibility index (Phi) is 5.49. The highest BCUT2D eigenvalue weighted by atomic mass is 19.4. The molecule has 3 aliphatic rings. The van der Waals surface area contributed by atoms with Crippen LogP contribution >= 0.6 is 0 Å². The van der Waals surface area contributed by atoms with E-state index < -0.39 is 28.9 Å². The molecule has 38 heavy (non-hydrogen) atoms. The van der Waals surface area contributed by atoms with Gasteiger partial charge in [-0.25, -0.2) is 9.37 Å². The zero-order valence-electron chi connectivity index (χ0n) is 20.8. The number of anilines is 2. The number of halogens is 4. The van der Waals surface area contributed by atoms with Gasteiger partial charge in [0.15, 0.2) is 5.82 Å². The molecule has 9 heteroatoms. The lowest BCUT2D eigenvalue weighted by molar-refractivity contribution is -0.139. The second-order valence-corrected chi connectivity index (χ2v) is 11.0. The highest BCUT2D eigenvalue weighted by Crippen LogP contribution is 2.61. The van der Waals surface area contributed by atoms with E-state index in [0.717, 1.165) is 17.2 Å². The van der Waals surface area contributed by atoms with Crippen molar-refractivity contribution in [2.75, 3.05) is 11.4 Å². The number of carboxylic acid groups (broad SMARTS) is 1. The lowest BCUT2D eigenvalue weighted by Gasteiger charge is -2.41. The van der Waals surface area contributed by atoms with Gasteiger partial charge in [0.1, 0.15) is 6.61 Å². The van der Waals surface area contributed by atoms with Crippen molar-refractivity contribution in [1.82, 2.24) is 4.98 Å². The second kappa shape index (κ2) is 8.44. The first kappa shape index (κ1) is 24.7. The lowest BCUT2D eigenvalue weighted by Crippen LogP contribution is -2.36. The molecule has 1 saturated carbocycles. The Morgan fingerprint density at radius 3 is 2.71 bits per heavy atom. The lowest BCUT2D eigenvalue weighted by atomic mass is 9.77. The molecule has 0 saturated heterocycles. The van der Waals surface area contributed by atoms with Gasteiger partial charge in [0.2, 0.25) is 5.88 Å². The van der Waals surface area contributed by atoms with Gasteiger partial charge >= 0.3 is 12.1 Å². The quantitative estimate of drug-likeness (QED) is 0.379. The fraction of sp³-hybridized carbons (Fsp3) is 0.379.